The van der Waals surface area contributed by atoms with Gasteiger partial charge in [0, 0.05) is 24.5 Å². The molecule has 0 unspecified atom stereocenters. The van der Waals surface area contributed by atoms with Gasteiger partial charge in [0.05, 0.1) is 28.5 Å². The van der Waals surface area contributed by atoms with Crippen LogP contribution in [0.25, 0.3) is 0 Å². The van der Waals surface area contributed by atoms with Gasteiger partial charge >= 0.3 is 0 Å². The number of hydrogen-bond donors (Lipinski definition) is 1. The number of thiazole rings is 1. The molecule has 2 aromatic heterocycles. The lowest BCUT2D eigenvalue weighted by Gasteiger charge is -2.22. The molecule has 2 heterocycles. The Kier molecular flexibility index (Phi) is 5.19. The average Bonchev–Trinajstić information content (AvgIpc) is 2.89. The number of rotatable bonds is 5. The van der Waals surface area contributed by atoms with Crippen molar-refractivity contribution in [2.45, 2.75) is 39.4 Å². The molecule has 0 aliphatic heterocycles. The van der Waals surface area contributed by atoms with E-state index in [1.54, 1.807) is 11.3 Å². The van der Waals surface area contributed by atoms with Crippen molar-refractivity contribution in [1.82, 2.24) is 15.3 Å². The predicted octanol–water partition coefficient (Wildman–Crippen LogP) is 3.72. The molecule has 21 heavy (non-hydrogen) atoms. The second kappa shape index (κ2) is 6.73. The highest BCUT2D eigenvalue weighted by molar-refractivity contribution is 7.07. The van der Waals surface area contributed by atoms with Gasteiger partial charge in [-0.1, -0.05) is 11.6 Å². The highest BCUT2D eigenvalue weighted by Gasteiger charge is 2.13. The molecule has 0 radical (unpaired) electrons. The zero-order valence-electron chi connectivity index (χ0n) is 12.9. The van der Waals surface area contributed by atoms with Crippen LogP contribution in [-0.4, -0.2) is 22.6 Å². The summed E-state index contributed by atoms with van der Waals surface area (Å²) in [7, 11) is 2.01. The molecule has 0 aliphatic carbocycles. The van der Waals surface area contributed by atoms with E-state index in [4.69, 9.17) is 11.6 Å². The van der Waals surface area contributed by atoms with Gasteiger partial charge in [0.2, 0.25) is 0 Å². The van der Waals surface area contributed by atoms with Gasteiger partial charge in [-0.15, -0.1) is 11.3 Å². The first-order valence-corrected chi connectivity index (χ1v) is 8.16. The topological polar surface area (TPSA) is 41.1 Å². The predicted molar refractivity (Wildman–Crippen MR) is 90.1 cm³/mol. The molecule has 0 bridgehead atoms. The first-order chi connectivity index (χ1) is 9.85. The third-order valence-electron chi connectivity index (χ3n) is 2.96. The zero-order chi connectivity index (χ0) is 15.5. The van der Waals surface area contributed by atoms with Crippen molar-refractivity contribution in [1.29, 1.82) is 0 Å². The number of aromatic nitrogens is 2. The molecular weight excluding hydrogens is 304 g/mol. The second-order valence-electron chi connectivity index (χ2n) is 6.04. The minimum absolute atomic E-state index is 0.0352. The highest BCUT2D eigenvalue weighted by Crippen LogP contribution is 2.20. The van der Waals surface area contributed by atoms with E-state index in [2.05, 4.69) is 46.3 Å². The average molecular weight is 325 g/mol. The molecule has 6 heteroatoms. The summed E-state index contributed by atoms with van der Waals surface area (Å²) in [5.41, 5.74) is 3.80. The Morgan fingerprint density at radius 1 is 1.33 bits per heavy atom. The maximum absolute atomic E-state index is 6.24. The lowest BCUT2D eigenvalue weighted by molar-refractivity contribution is 0.421. The molecule has 0 fully saturated rings. The van der Waals surface area contributed by atoms with Crippen molar-refractivity contribution in [3.63, 3.8) is 0 Å². The van der Waals surface area contributed by atoms with Gasteiger partial charge in [0.25, 0.3) is 0 Å². The van der Waals surface area contributed by atoms with Crippen molar-refractivity contribution < 1.29 is 0 Å². The van der Waals surface area contributed by atoms with Crippen molar-refractivity contribution in [3.8, 4) is 0 Å². The normalized spacial score (nSPS) is 11.7. The lowest BCUT2D eigenvalue weighted by atomic mass is 10.1. The smallest absolute Gasteiger partial charge is 0.129 e. The summed E-state index contributed by atoms with van der Waals surface area (Å²) >= 11 is 7.84. The number of anilines is 1. The van der Waals surface area contributed by atoms with E-state index in [1.165, 1.54) is 0 Å². The number of nitrogens with zero attached hydrogens (tertiary/aromatic N) is 3. The first kappa shape index (κ1) is 16.2. The molecule has 1 N–H and O–H groups in total. The van der Waals surface area contributed by atoms with Crippen LogP contribution in [0.4, 0.5) is 5.82 Å². The molecule has 0 saturated heterocycles. The Labute approximate surface area is 135 Å². The van der Waals surface area contributed by atoms with Crippen LogP contribution >= 0.6 is 22.9 Å². The van der Waals surface area contributed by atoms with Gasteiger partial charge in [0.15, 0.2) is 0 Å². The quantitative estimate of drug-likeness (QED) is 0.910. The standard InChI is InChI=1S/C15H21ClN4S/c1-15(2,3)18-7-13-12(16)5-6-14(19-13)20(4)8-11-9-21-10-17-11/h5-6,9-10,18H,7-8H2,1-4H3. The van der Waals surface area contributed by atoms with Crippen molar-refractivity contribution >= 4 is 28.8 Å². The minimum Gasteiger partial charge on any atom is -0.354 e. The monoisotopic (exact) mass is 324 g/mol. The Hall–Kier alpha value is -1.17. The van der Waals surface area contributed by atoms with Crippen LogP contribution in [0.2, 0.25) is 5.02 Å². The molecule has 0 spiro atoms. The van der Waals surface area contributed by atoms with Gasteiger partial charge in [-0.3, -0.25) is 0 Å². The van der Waals surface area contributed by atoms with Crippen LogP contribution in [0.1, 0.15) is 32.2 Å². The van der Waals surface area contributed by atoms with E-state index in [-0.39, 0.29) is 5.54 Å². The number of nitrogens with one attached hydrogen (secondary N) is 1. The summed E-state index contributed by atoms with van der Waals surface area (Å²) in [6.45, 7) is 7.77. The summed E-state index contributed by atoms with van der Waals surface area (Å²) in [6.07, 6.45) is 0. The number of pyridine rings is 1. The fourth-order valence-electron chi connectivity index (χ4n) is 1.80. The molecule has 0 saturated carbocycles. The van der Waals surface area contributed by atoms with E-state index < -0.39 is 0 Å². The van der Waals surface area contributed by atoms with E-state index in [1.807, 2.05) is 24.7 Å². The van der Waals surface area contributed by atoms with Crippen molar-refractivity contribution in [2.75, 3.05) is 11.9 Å². The maximum Gasteiger partial charge on any atom is 0.129 e. The Morgan fingerprint density at radius 3 is 2.71 bits per heavy atom. The second-order valence-corrected chi connectivity index (χ2v) is 7.16. The maximum atomic E-state index is 6.24. The van der Waals surface area contributed by atoms with Gasteiger partial charge in [-0.2, -0.15) is 0 Å². The van der Waals surface area contributed by atoms with Crippen LogP contribution in [-0.2, 0) is 13.1 Å². The van der Waals surface area contributed by atoms with Crippen molar-refractivity contribution in [3.05, 3.63) is 39.4 Å². The molecule has 114 valence electrons. The third kappa shape index (κ3) is 4.95. The summed E-state index contributed by atoms with van der Waals surface area (Å²) in [5.74, 6) is 0.901. The molecule has 2 aromatic rings. The first-order valence-electron chi connectivity index (χ1n) is 6.84. The zero-order valence-corrected chi connectivity index (χ0v) is 14.4. The summed E-state index contributed by atoms with van der Waals surface area (Å²) in [6, 6.07) is 3.84. The van der Waals surface area contributed by atoms with E-state index in [9.17, 15) is 0 Å². The fourth-order valence-corrected chi connectivity index (χ4v) is 2.52. The Balaban J connectivity index is 2.10. The molecular formula is C15H21ClN4S. The SMILES string of the molecule is CN(Cc1cscn1)c1ccc(Cl)c(CNC(C)(C)C)n1. The largest absolute Gasteiger partial charge is 0.354 e. The van der Waals surface area contributed by atoms with E-state index >= 15 is 0 Å². The molecule has 2 rings (SSSR count). The van der Waals surface area contributed by atoms with Gasteiger partial charge in [0.1, 0.15) is 5.82 Å². The van der Waals surface area contributed by atoms with Gasteiger partial charge < -0.3 is 10.2 Å². The van der Waals surface area contributed by atoms with Gasteiger partial charge in [-0.05, 0) is 32.9 Å². The highest BCUT2D eigenvalue weighted by atomic mass is 35.5. The molecule has 0 aliphatic rings. The lowest BCUT2D eigenvalue weighted by Crippen LogP contribution is -2.35. The summed E-state index contributed by atoms with van der Waals surface area (Å²) in [4.78, 5) is 11.0. The molecule has 0 amide bonds. The van der Waals surface area contributed by atoms with Crippen molar-refractivity contribution in [2.24, 2.45) is 0 Å². The van der Waals surface area contributed by atoms with Crippen LogP contribution in [0.3, 0.4) is 0 Å². The van der Waals surface area contributed by atoms with Gasteiger partial charge in [-0.25, -0.2) is 9.97 Å². The number of halogens is 1. The fraction of sp³-hybridized carbons (Fsp3) is 0.467. The summed E-state index contributed by atoms with van der Waals surface area (Å²) in [5, 5.41) is 6.16. The molecule has 0 aromatic carbocycles. The van der Waals surface area contributed by atoms with E-state index in [0.29, 0.717) is 11.6 Å². The minimum atomic E-state index is 0.0352. The Morgan fingerprint density at radius 2 is 2.10 bits per heavy atom. The van der Waals surface area contributed by atoms with Crippen LogP contribution in [0, 0.1) is 0 Å². The van der Waals surface area contributed by atoms with E-state index in [0.717, 1.165) is 23.8 Å². The molecule has 0 atom stereocenters. The van der Waals surface area contributed by atoms with Crippen LogP contribution in [0.15, 0.2) is 23.0 Å². The molecule has 4 nitrogen and oxygen atoms in total. The van der Waals surface area contributed by atoms with Crippen LogP contribution in [0.5, 0.6) is 0 Å². The number of hydrogen-bond acceptors (Lipinski definition) is 5. The Bertz CT molecular complexity index is 578. The third-order valence-corrected chi connectivity index (χ3v) is 3.94. The van der Waals surface area contributed by atoms with Crippen LogP contribution < -0.4 is 10.2 Å². The summed E-state index contributed by atoms with van der Waals surface area (Å²) < 4.78 is 0.